The SMILES string of the molecule is Cc1cc(-c2ccc(-c3ccccc3-c3nc(-c4ccccc4)nc(-c4ccc(-c5ccccn5)cc4)n3)c(-c3ccc(-c4cc(-c5ccccc5)nc(-c5ccccc5)n4)cc3)c2)cc(C)n1. The van der Waals surface area contributed by atoms with Gasteiger partial charge in [0.2, 0.25) is 0 Å². The Balaban J connectivity index is 1.05. The lowest BCUT2D eigenvalue weighted by atomic mass is 9.88. The van der Waals surface area contributed by atoms with Crippen LogP contribution in [-0.2, 0) is 0 Å². The second-order valence-corrected chi connectivity index (χ2v) is 16.7. The van der Waals surface area contributed by atoms with Crippen molar-refractivity contribution >= 4 is 0 Å². The van der Waals surface area contributed by atoms with Crippen molar-refractivity contribution in [3.8, 4) is 113 Å². The Morgan fingerprint density at radius 3 is 1.25 bits per heavy atom. The van der Waals surface area contributed by atoms with Crippen molar-refractivity contribution in [3.05, 3.63) is 236 Å². The Kier molecular flexibility index (Phi) is 11.3. The lowest BCUT2D eigenvalue weighted by Crippen LogP contribution is -2.01. The van der Waals surface area contributed by atoms with Crippen LogP contribution in [0.25, 0.3) is 113 Å². The number of nitrogens with zero attached hydrogens (tertiary/aromatic N) is 7. The topological polar surface area (TPSA) is 90.2 Å². The molecule has 11 rings (SSSR count). The first-order valence-electron chi connectivity index (χ1n) is 22.6. The molecule has 0 unspecified atom stereocenters. The molecule has 11 aromatic rings. The molecule has 0 saturated heterocycles. The fourth-order valence-electron chi connectivity index (χ4n) is 8.67. The Morgan fingerprint density at radius 2 is 0.662 bits per heavy atom. The van der Waals surface area contributed by atoms with Gasteiger partial charge in [0.25, 0.3) is 0 Å². The summed E-state index contributed by atoms with van der Waals surface area (Å²) in [5.74, 6) is 2.44. The van der Waals surface area contributed by atoms with Crippen LogP contribution >= 0.6 is 0 Å². The van der Waals surface area contributed by atoms with Gasteiger partial charge < -0.3 is 0 Å². The Morgan fingerprint density at radius 1 is 0.235 bits per heavy atom. The lowest BCUT2D eigenvalue weighted by Gasteiger charge is -2.17. The third-order valence-electron chi connectivity index (χ3n) is 12.0. The third kappa shape index (κ3) is 8.72. The number of hydrogen-bond donors (Lipinski definition) is 0. The van der Waals surface area contributed by atoms with E-state index >= 15 is 0 Å². The predicted molar refractivity (Wildman–Crippen MR) is 275 cm³/mol. The first-order valence-corrected chi connectivity index (χ1v) is 22.6. The van der Waals surface area contributed by atoms with Gasteiger partial charge in [-0.2, -0.15) is 0 Å². The molecular formula is C61H43N7. The molecule has 4 heterocycles. The van der Waals surface area contributed by atoms with E-state index in [0.29, 0.717) is 23.3 Å². The van der Waals surface area contributed by atoms with Gasteiger partial charge in [0, 0.05) is 56.5 Å². The Hall–Kier alpha value is -9.07. The molecule has 0 aliphatic rings. The summed E-state index contributed by atoms with van der Waals surface area (Å²) in [7, 11) is 0. The molecule has 0 fully saturated rings. The monoisotopic (exact) mass is 873 g/mol. The van der Waals surface area contributed by atoms with E-state index in [-0.39, 0.29) is 0 Å². The molecule has 0 aliphatic carbocycles. The smallest absolute Gasteiger partial charge is 0.164 e. The molecule has 7 heteroatoms. The molecule has 7 nitrogen and oxygen atoms in total. The van der Waals surface area contributed by atoms with Crippen molar-refractivity contribution in [2.75, 3.05) is 0 Å². The highest BCUT2D eigenvalue weighted by Crippen LogP contribution is 2.41. The van der Waals surface area contributed by atoms with Crippen LogP contribution in [0.2, 0.25) is 0 Å². The minimum Gasteiger partial charge on any atom is -0.258 e. The summed E-state index contributed by atoms with van der Waals surface area (Å²) < 4.78 is 0. The summed E-state index contributed by atoms with van der Waals surface area (Å²) in [6, 6.07) is 74.9. The quantitative estimate of drug-likeness (QED) is 0.135. The standard InChI is InChI=1S/C61H43N7/c1-40-36-50(37-41(2)63-40)49-33-34-52(54(38-49)42-25-27-45(28-26-42)57-39-56(43-16-6-3-7-17-43)64-58(65-57)46-18-8-4-9-19-46)51-22-12-13-23-53(51)61-67-59(47-20-10-5-11-21-47)66-60(68-61)48-31-29-44(30-32-48)55-24-14-15-35-62-55/h3-39H,1-2H3. The number of benzene rings is 7. The van der Waals surface area contributed by atoms with Gasteiger partial charge in [-0.15, -0.1) is 0 Å². The summed E-state index contributed by atoms with van der Waals surface area (Å²) in [6.45, 7) is 4.09. The number of hydrogen-bond acceptors (Lipinski definition) is 7. The van der Waals surface area contributed by atoms with Crippen molar-refractivity contribution in [2.45, 2.75) is 13.8 Å². The molecule has 0 amide bonds. The van der Waals surface area contributed by atoms with Gasteiger partial charge in [-0.25, -0.2) is 24.9 Å². The van der Waals surface area contributed by atoms with Crippen LogP contribution in [0, 0.1) is 13.8 Å². The molecule has 0 spiro atoms. The molecule has 0 radical (unpaired) electrons. The fourth-order valence-corrected chi connectivity index (χ4v) is 8.67. The molecule has 0 atom stereocenters. The number of aromatic nitrogens is 7. The van der Waals surface area contributed by atoms with Gasteiger partial charge in [0.1, 0.15) is 0 Å². The summed E-state index contributed by atoms with van der Waals surface area (Å²) >= 11 is 0. The van der Waals surface area contributed by atoms with Crippen LogP contribution in [0.15, 0.2) is 225 Å². The van der Waals surface area contributed by atoms with Gasteiger partial charge in [-0.1, -0.05) is 182 Å². The lowest BCUT2D eigenvalue weighted by molar-refractivity contribution is 1.07. The predicted octanol–water partition coefficient (Wildman–Crippen LogP) is 14.7. The second-order valence-electron chi connectivity index (χ2n) is 16.7. The number of rotatable bonds is 10. The van der Waals surface area contributed by atoms with E-state index < -0.39 is 0 Å². The molecule has 68 heavy (non-hydrogen) atoms. The summed E-state index contributed by atoms with van der Waals surface area (Å²) in [6.07, 6.45) is 1.81. The van der Waals surface area contributed by atoms with E-state index in [2.05, 4.69) is 137 Å². The van der Waals surface area contributed by atoms with Gasteiger partial charge in [0.05, 0.1) is 17.1 Å². The van der Waals surface area contributed by atoms with Gasteiger partial charge in [0.15, 0.2) is 23.3 Å². The zero-order valence-corrected chi connectivity index (χ0v) is 37.5. The highest BCUT2D eigenvalue weighted by atomic mass is 15.0. The van der Waals surface area contributed by atoms with Crippen LogP contribution in [0.1, 0.15) is 11.4 Å². The van der Waals surface area contributed by atoms with Crippen LogP contribution in [0.4, 0.5) is 0 Å². The minimum absolute atomic E-state index is 0.580. The number of pyridine rings is 2. The van der Waals surface area contributed by atoms with E-state index in [1.165, 1.54) is 0 Å². The van der Waals surface area contributed by atoms with Gasteiger partial charge >= 0.3 is 0 Å². The Labute approximate surface area is 395 Å². The van der Waals surface area contributed by atoms with Gasteiger partial charge in [-0.05, 0) is 83.6 Å². The highest BCUT2D eigenvalue weighted by Gasteiger charge is 2.20. The maximum absolute atomic E-state index is 5.22. The molecule has 322 valence electrons. The van der Waals surface area contributed by atoms with Crippen molar-refractivity contribution in [1.82, 2.24) is 34.9 Å². The van der Waals surface area contributed by atoms with E-state index in [1.54, 1.807) is 0 Å². The van der Waals surface area contributed by atoms with E-state index in [4.69, 9.17) is 24.9 Å². The third-order valence-corrected chi connectivity index (χ3v) is 12.0. The average Bonchev–Trinajstić information content (AvgIpc) is 3.41. The van der Waals surface area contributed by atoms with Crippen LogP contribution < -0.4 is 0 Å². The van der Waals surface area contributed by atoms with Crippen molar-refractivity contribution < 1.29 is 0 Å². The van der Waals surface area contributed by atoms with Crippen molar-refractivity contribution in [2.24, 2.45) is 0 Å². The summed E-state index contributed by atoms with van der Waals surface area (Å²) in [5, 5.41) is 0. The largest absolute Gasteiger partial charge is 0.258 e. The van der Waals surface area contributed by atoms with Crippen molar-refractivity contribution in [3.63, 3.8) is 0 Å². The van der Waals surface area contributed by atoms with Crippen LogP contribution in [0.5, 0.6) is 0 Å². The van der Waals surface area contributed by atoms with E-state index in [0.717, 1.165) is 101 Å². The molecule has 0 N–H and O–H groups in total. The molecule has 7 aromatic carbocycles. The zero-order chi connectivity index (χ0) is 45.8. The summed E-state index contributed by atoms with van der Waals surface area (Å²) in [4.78, 5) is 34.8. The van der Waals surface area contributed by atoms with E-state index in [9.17, 15) is 0 Å². The van der Waals surface area contributed by atoms with E-state index in [1.807, 2.05) is 111 Å². The maximum atomic E-state index is 5.22. The first-order chi connectivity index (χ1) is 33.5. The van der Waals surface area contributed by atoms with Crippen LogP contribution in [0.3, 0.4) is 0 Å². The second kappa shape index (κ2) is 18.4. The molecule has 0 bridgehead atoms. The molecule has 4 aromatic heterocycles. The normalized spacial score (nSPS) is 11.1. The maximum Gasteiger partial charge on any atom is 0.164 e. The van der Waals surface area contributed by atoms with Crippen LogP contribution in [-0.4, -0.2) is 34.9 Å². The summed E-state index contributed by atoms with van der Waals surface area (Å²) in [5.41, 5.74) is 17.6. The zero-order valence-electron chi connectivity index (χ0n) is 37.5. The fraction of sp³-hybridized carbons (Fsp3) is 0.0328. The first kappa shape index (κ1) is 41.6. The molecule has 0 saturated carbocycles. The highest BCUT2D eigenvalue weighted by molar-refractivity contribution is 5.93. The Bertz CT molecular complexity index is 3470. The molecule has 0 aliphatic heterocycles. The minimum atomic E-state index is 0.580. The molecular weight excluding hydrogens is 831 g/mol. The van der Waals surface area contributed by atoms with Gasteiger partial charge in [-0.3, -0.25) is 9.97 Å². The van der Waals surface area contributed by atoms with Crippen molar-refractivity contribution in [1.29, 1.82) is 0 Å². The average molecular weight is 874 g/mol. The number of aryl methyl sites for hydroxylation is 2.